The Morgan fingerprint density at radius 1 is 1.26 bits per heavy atom. The van der Waals surface area contributed by atoms with Crippen molar-refractivity contribution in [3.63, 3.8) is 0 Å². The van der Waals surface area contributed by atoms with Gasteiger partial charge in [0.2, 0.25) is 5.91 Å². The molecule has 0 saturated heterocycles. The lowest BCUT2D eigenvalue weighted by molar-refractivity contribution is -0.120. The van der Waals surface area contributed by atoms with Gasteiger partial charge in [-0.25, -0.2) is 0 Å². The van der Waals surface area contributed by atoms with Gasteiger partial charge in [0.05, 0.1) is 12.6 Å². The number of carbonyl (C=O) groups is 1. The van der Waals surface area contributed by atoms with Gasteiger partial charge in [-0.15, -0.1) is 0 Å². The molecule has 3 N–H and O–H groups in total. The first-order chi connectivity index (χ1) is 9.01. The third-order valence-electron chi connectivity index (χ3n) is 2.75. The second-order valence-corrected chi connectivity index (χ2v) is 5.02. The van der Waals surface area contributed by atoms with E-state index in [-0.39, 0.29) is 24.6 Å². The Labute approximate surface area is 115 Å². The second kappa shape index (κ2) is 7.79. The first-order valence-electron chi connectivity index (χ1n) is 6.76. The third kappa shape index (κ3) is 6.25. The van der Waals surface area contributed by atoms with Crippen molar-refractivity contribution in [3.8, 4) is 5.75 Å². The fourth-order valence-corrected chi connectivity index (χ4v) is 1.80. The molecule has 1 aromatic carbocycles. The fraction of sp³-hybridized carbons (Fsp3) is 0.533. The highest BCUT2D eigenvalue weighted by molar-refractivity contribution is 5.77. The van der Waals surface area contributed by atoms with E-state index in [0.29, 0.717) is 0 Å². The van der Waals surface area contributed by atoms with Crippen molar-refractivity contribution in [2.75, 3.05) is 6.54 Å². The maximum Gasteiger partial charge on any atom is 0.233 e. The average Bonchev–Trinajstić information content (AvgIpc) is 2.37. The smallest absolute Gasteiger partial charge is 0.233 e. The van der Waals surface area contributed by atoms with Crippen molar-refractivity contribution < 1.29 is 9.53 Å². The van der Waals surface area contributed by atoms with Crippen molar-refractivity contribution >= 4 is 5.91 Å². The van der Waals surface area contributed by atoms with Crippen molar-refractivity contribution in [1.29, 1.82) is 0 Å². The topological polar surface area (TPSA) is 64.3 Å². The number of ether oxygens (including phenoxy) is 1. The van der Waals surface area contributed by atoms with Gasteiger partial charge in [-0.3, -0.25) is 4.79 Å². The summed E-state index contributed by atoms with van der Waals surface area (Å²) >= 11 is 0. The number of carbonyl (C=O) groups excluding carboxylic acids is 1. The third-order valence-corrected chi connectivity index (χ3v) is 2.75. The predicted molar refractivity (Wildman–Crippen MR) is 77.2 cm³/mol. The molecule has 0 aromatic heterocycles. The number of rotatable bonds is 7. The van der Waals surface area contributed by atoms with Gasteiger partial charge >= 0.3 is 0 Å². The van der Waals surface area contributed by atoms with Gasteiger partial charge in [0.15, 0.2) is 0 Å². The lowest BCUT2D eigenvalue weighted by Crippen LogP contribution is -2.37. The van der Waals surface area contributed by atoms with Crippen molar-refractivity contribution in [2.45, 2.75) is 45.8 Å². The van der Waals surface area contributed by atoms with Gasteiger partial charge in [0, 0.05) is 6.04 Å². The minimum absolute atomic E-state index is 0.0472. The van der Waals surface area contributed by atoms with Crippen LogP contribution in [0.2, 0.25) is 0 Å². The highest BCUT2D eigenvalue weighted by Crippen LogP contribution is 2.15. The van der Waals surface area contributed by atoms with Gasteiger partial charge in [-0.05, 0) is 51.3 Å². The van der Waals surface area contributed by atoms with Crippen molar-refractivity contribution in [2.24, 2.45) is 5.73 Å². The van der Waals surface area contributed by atoms with E-state index in [9.17, 15) is 4.79 Å². The normalized spacial score (nSPS) is 12.3. The highest BCUT2D eigenvalue weighted by atomic mass is 16.5. The first kappa shape index (κ1) is 15.5. The molecule has 1 amide bonds. The summed E-state index contributed by atoms with van der Waals surface area (Å²) in [5, 5.41) is 2.85. The van der Waals surface area contributed by atoms with Crippen LogP contribution in [-0.2, 0) is 11.2 Å². The van der Waals surface area contributed by atoms with E-state index in [1.54, 1.807) is 0 Å². The van der Waals surface area contributed by atoms with Crippen LogP contribution in [0.25, 0.3) is 0 Å². The van der Waals surface area contributed by atoms with E-state index in [2.05, 4.69) is 17.4 Å². The average molecular weight is 264 g/mol. The molecule has 0 spiro atoms. The van der Waals surface area contributed by atoms with Gasteiger partial charge in [-0.1, -0.05) is 12.1 Å². The van der Waals surface area contributed by atoms with Gasteiger partial charge in [0.1, 0.15) is 5.75 Å². The minimum atomic E-state index is -0.104. The number of nitrogens with two attached hydrogens (primary N) is 1. The van der Waals surface area contributed by atoms with Crippen molar-refractivity contribution in [3.05, 3.63) is 29.8 Å². The molecule has 19 heavy (non-hydrogen) atoms. The summed E-state index contributed by atoms with van der Waals surface area (Å²) in [4.78, 5) is 11.1. The van der Waals surface area contributed by atoms with Crippen LogP contribution in [0.15, 0.2) is 24.3 Å². The van der Waals surface area contributed by atoms with E-state index >= 15 is 0 Å². The maximum absolute atomic E-state index is 11.1. The van der Waals surface area contributed by atoms with Crippen molar-refractivity contribution in [1.82, 2.24) is 5.32 Å². The lowest BCUT2D eigenvalue weighted by atomic mass is 10.1. The van der Waals surface area contributed by atoms with E-state index in [0.717, 1.165) is 18.6 Å². The number of aryl methyl sites for hydroxylation is 1. The molecule has 0 saturated carbocycles. The summed E-state index contributed by atoms with van der Waals surface area (Å²) in [5.74, 6) is 0.788. The quantitative estimate of drug-likeness (QED) is 0.790. The molecule has 0 radical (unpaired) electrons. The number of hydrogen-bond donors (Lipinski definition) is 2. The van der Waals surface area contributed by atoms with Gasteiger partial charge < -0.3 is 15.8 Å². The molecule has 106 valence electrons. The Morgan fingerprint density at radius 2 is 1.89 bits per heavy atom. The zero-order valence-electron chi connectivity index (χ0n) is 12.0. The molecule has 1 unspecified atom stereocenters. The fourth-order valence-electron chi connectivity index (χ4n) is 1.80. The highest BCUT2D eigenvalue weighted by Gasteiger charge is 2.06. The Morgan fingerprint density at radius 3 is 2.42 bits per heavy atom. The Kier molecular flexibility index (Phi) is 6.36. The molecule has 0 fully saturated rings. The molecule has 4 nitrogen and oxygen atoms in total. The molecular weight excluding hydrogens is 240 g/mol. The molecule has 0 aliphatic rings. The Balaban J connectivity index is 2.39. The molecule has 0 heterocycles. The number of benzene rings is 1. The molecule has 1 aromatic rings. The number of nitrogens with one attached hydrogen (secondary N) is 1. The van der Waals surface area contributed by atoms with Crippen LogP contribution in [-0.4, -0.2) is 24.6 Å². The van der Waals surface area contributed by atoms with Crippen LogP contribution in [0.5, 0.6) is 5.75 Å². The lowest BCUT2D eigenvalue weighted by Gasteiger charge is -2.13. The standard InChI is InChI=1S/C15H24N2O2/c1-11(2)19-14-8-6-13(7-9-14)5-4-12(3)17-15(18)10-16/h6-9,11-12H,4-5,10,16H2,1-3H3,(H,17,18). The Hall–Kier alpha value is -1.55. The summed E-state index contributed by atoms with van der Waals surface area (Å²) in [6.07, 6.45) is 2.02. The minimum Gasteiger partial charge on any atom is -0.491 e. The molecule has 0 aliphatic carbocycles. The maximum atomic E-state index is 11.1. The second-order valence-electron chi connectivity index (χ2n) is 5.02. The molecule has 0 aliphatic heterocycles. The summed E-state index contributed by atoms with van der Waals surface area (Å²) in [6.45, 7) is 6.06. The van der Waals surface area contributed by atoms with Crippen LogP contribution in [0.4, 0.5) is 0 Å². The molecule has 1 rings (SSSR count). The summed E-state index contributed by atoms with van der Waals surface area (Å²) in [7, 11) is 0. The predicted octanol–water partition coefficient (Wildman–Crippen LogP) is 1.87. The van der Waals surface area contributed by atoms with Gasteiger partial charge in [-0.2, -0.15) is 0 Å². The number of hydrogen-bond acceptors (Lipinski definition) is 3. The summed E-state index contributed by atoms with van der Waals surface area (Å²) in [6, 6.07) is 8.24. The van der Waals surface area contributed by atoms with Crippen LogP contribution in [0.1, 0.15) is 32.8 Å². The molecule has 4 heteroatoms. The van der Waals surface area contributed by atoms with Crippen LogP contribution in [0.3, 0.4) is 0 Å². The SMILES string of the molecule is CC(CCc1ccc(OC(C)C)cc1)NC(=O)CN. The largest absolute Gasteiger partial charge is 0.491 e. The summed E-state index contributed by atoms with van der Waals surface area (Å²) in [5.41, 5.74) is 6.50. The zero-order valence-corrected chi connectivity index (χ0v) is 12.0. The molecular formula is C15H24N2O2. The van der Waals surface area contributed by atoms with Crippen LogP contribution >= 0.6 is 0 Å². The van der Waals surface area contributed by atoms with Crippen LogP contribution in [0, 0.1) is 0 Å². The van der Waals surface area contributed by atoms with Crippen LogP contribution < -0.4 is 15.8 Å². The summed E-state index contributed by atoms with van der Waals surface area (Å²) < 4.78 is 5.59. The van der Waals surface area contributed by atoms with E-state index in [4.69, 9.17) is 10.5 Å². The molecule has 1 atom stereocenters. The monoisotopic (exact) mass is 264 g/mol. The van der Waals surface area contributed by atoms with E-state index in [1.165, 1.54) is 5.56 Å². The molecule has 0 bridgehead atoms. The zero-order chi connectivity index (χ0) is 14.3. The van der Waals surface area contributed by atoms with E-state index in [1.807, 2.05) is 32.9 Å². The Bertz CT molecular complexity index is 388. The van der Waals surface area contributed by atoms with E-state index < -0.39 is 0 Å². The number of amides is 1. The van der Waals surface area contributed by atoms with Gasteiger partial charge in [0.25, 0.3) is 0 Å². The first-order valence-corrected chi connectivity index (χ1v) is 6.76.